The number of aliphatic imine (C=N–C) groups is 1. The highest BCUT2D eigenvalue weighted by Crippen LogP contribution is 2.48. The van der Waals surface area contributed by atoms with Crippen LogP contribution in [-0.4, -0.2) is 51.1 Å². The van der Waals surface area contributed by atoms with Gasteiger partial charge in [-0.3, -0.25) is 4.99 Å². The lowest BCUT2D eigenvalue weighted by Crippen LogP contribution is -2.42. The van der Waals surface area contributed by atoms with Crippen LogP contribution in [0.4, 0.5) is 4.39 Å². The molecule has 2 N–H and O–H groups in total. The van der Waals surface area contributed by atoms with Crippen molar-refractivity contribution in [3.05, 3.63) is 35.6 Å². The zero-order valence-corrected chi connectivity index (χ0v) is 18.3. The summed E-state index contributed by atoms with van der Waals surface area (Å²) in [5.41, 5.74) is 0.779. The van der Waals surface area contributed by atoms with E-state index in [0.29, 0.717) is 0 Å². The van der Waals surface area contributed by atoms with E-state index in [2.05, 4.69) is 27.6 Å². The predicted octanol–water partition coefficient (Wildman–Crippen LogP) is 3.37. The van der Waals surface area contributed by atoms with Crippen LogP contribution in [0, 0.1) is 11.7 Å². The summed E-state index contributed by atoms with van der Waals surface area (Å²) in [5, 5.41) is 6.83. The van der Waals surface area contributed by atoms with Crippen molar-refractivity contribution in [3.63, 3.8) is 0 Å². The quantitative estimate of drug-likeness (QED) is 0.378. The van der Waals surface area contributed by atoms with Crippen LogP contribution in [0.1, 0.15) is 37.7 Å². The Morgan fingerprint density at radius 1 is 1.23 bits per heavy atom. The van der Waals surface area contributed by atoms with Gasteiger partial charge in [0.2, 0.25) is 0 Å². The Labute approximate surface area is 174 Å². The SMILES string of the molecule is CN=C(NCCC1CCN(C)CC1)NCC1(c2ccccc2F)CC1.I. The number of piperidine rings is 1. The van der Waals surface area contributed by atoms with Gasteiger partial charge in [0.1, 0.15) is 5.82 Å². The number of benzene rings is 1. The number of likely N-dealkylation sites (tertiary alicyclic amines) is 1. The third-order valence-corrected chi connectivity index (χ3v) is 5.80. The Kier molecular flexibility index (Phi) is 8.13. The fourth-order valence-corrected chi connectivity index (χ4v) is 3.80. The molecular weight excluding hydrogens is 442 g/mol. The summed E-state index contributed by atoms with van der Waals surface area (Å²) in [6.07, 6.45) is 5.84. The van der Waals surface area contributed by atoms with Crippen LogP contribution < -0.4 is 10.6 Å². The molecule has 0 aromatic heterocycles. The second-order valence-electron chi connectivity index (χ2n) is 7.65. The van der Waals surface area contributed by atoms with Crippen molar-refractivity contribution < 1.29 is 4.39 Å². The highest BCUT2D eigenvalue weighted by molar-refractivity contribution is 14.0. The molecule has 3 rings (SSSR count). The van der Waals surface area contributed by atoms with E-state index in [1.54, 1.807) is 19.2 Å². The molecule has 0 radical (unpaired) electrons. The molecule has 0 atom stereocenters. The van der Waals surface area contributed by atoms with Crippen molar-refractivity contribution in [3.8, 4) is 0 Å². The maximum absolute atomic E-state index is 14.1. The van der Waals surface area contributed by atoms with Crippen LogP contribution in [0.25, 0.3) is 0 Å². The molecule has 0 spiro atoms. The largest absolute Gasteiger partial charge is 0.356 e. The van der Waals surface area contributed by atoms with Gasteiger partial charge in [0.15, 0.2) is 5.96 Å². The summed E-state index contributed by atoms with van der Waals surface area (Å²) in [7, 11) is 4.00. The second kappa shape index (κ2) is 9.88. The van der Waals surface area contributed by atoms with Crippen LogP contribution in [-0.2, 0) is 5.41 Å². The molecule has 26 heavy (non-hydrogen) atoms. The van der Waals surface area contributed by atoms with Gasteiger partial charge in [-0.25, -0.2) is 4.39 Å². The zero-order valence-electron chi connectivity index (χ0n) is 15.9. The van der Waals surface area contributed by atoms with E-state index in [1.807, 2.05) is 12.1 Å². The molecule has 0 bridgehead atoms. The number of nitrogens with one attached hydrogen (secondary N) is 2. The summed E-state index contributed by atoms with van der Waals surface area (Å²) in [6.45, 7) is 4.11. The summed E-state index contributed by atoms with van der Waals surface area (Å²) in [4.78, 5) is 6.73. The third-order valence-electron chi connectivity index (χ3n) is 5.80. The Morgan fingerprint density at radius 2 is 1.92 bits per heavy atom. The normalized spacial score (nSPS) is 20.3. The molecule has 6 heteroatoms. The molecule has 1 aliphatic heterocycles. The molecule has 1 saturated carbocycles. The topological polar surface area (TPSA) is 39.7 Å². The van der Waals surface area contributed by atoms with E-state index in [0.717, 1.165) is 43.4 Å². The smallest absolute Gasteiger partial charge is 0.191 e. The highest BCUT2D eigenvalue weighted by atomic mass is 127. The number of halogens is 2. The summed E-state index contributed by atoms with van der Waals surface area (Å²) < 4.78 is 14.1. The minimum atomic E-state index is -0.0907. The van der Waals surface area contributed by atoms with E-state index in [-0.39, 0.29) is 35.2 Å². The molecule has 1 heterocycles. The van der Waals surface area contributed by atoms with E-state index in [1.165, 1.54) is 32.4 Å². The first kappa shape index (κ1) is 21.4. The van der Waals surface area contributed by atoms with Crippen molar-refractivity contribution in [1.82, 2.24) is 15.5 Å². The highest BCUT2D eigenvalue weighted by Gasteiger charge is 2.45. The molecule has 4 nitrogen and oxygen atoms in total. The summed E-state index contributed by atoms with van der Waals surface area (Å²) in [6, 6.07) is 7.16. The van der Waals surface area contributed by atoms with Gasteiger partial charge in [0.05, 0.1) is 0 Å². The van der Waals surface area contributed by atoms with Crippen LogP contribution >= 0.6 is 24.0 Å². The first-order valence-electron chi connectivity index (χ1n) is 9.51. The van der Waals surface area contributed by atoms with Gasteiger partial charge in [-0.2, -0.15) is 0 Å². The van der Waals surface area contributed by atoms with E-state index in [9.17, 15) is 4.39 Å². The molecule has 0 amide bonds. The van der Waals surface area contributed by atoms with Crippen LogP contribution in [0.15, 0.2) is 29.3 Å². The molecular formula is C20H32FIN4. The number of hydrogen-bond acceptors (Lipinski definition) is 2. The first-order chi connectivity index (χ1) is 12.1. The average molecular weight is 474 g/mol. The van der Waals surface area contributed by atoms with Gasteiger partial charge in [-0.1, -0.05) is 18.2 Å². The lowest BCUT2D eigenvalue weighted by atomic mass is 9.94. The van der Waals surface area contributed by atoms with Gasteiger partial charge >= 0.3 is 0 Å². The maximum Gasteiger partial charge on any atom is 0.191 e. The standard InChI is InChI=1S/C20H31FN4.HI/c1-22-19(23-12-7-16-8-13-25(2)14-9-16)24-15-20(10-11-20)17-5-3-4-6-18(17)21;/h3-6,16H,7-15H2,1-2H3,(H2,22,23,24);1H. The first-order valence-corrected chi connectivity index (χ1v) is 9.51. The molecule has 1 aliphatic carbocycles. The van der Waals surface area contributed by atoms with Gasteiger partial charge < -0.3 is 15.5 Å². The van der Waals surface area contributed by atoms with Crippen LogP contribution in [0.3, 0.4) is 0 Å². The lowest BCUT2D eigenvalue weighted by molar-refractivity contribution is 0.213. The van der Waals surface area contributed by atoms with Gasteiger partial charge in [-0.15, -0.1) is 24.0 Å². The second-order valence-corrected chi connectivity index (χ2v) is 7.65. The lowest BCUT2D eigenvalue weighted by Gasteiger charge is -2.29. The summed E-state index contributed by atoms with van der Waals surface area (Å²) in [5.74, 6) is 1.55. The Balaban J connectivity index is 0.00000243. The molecule has 146 valence electrons. The monoisotopic (exact) mass is 474 g/mol. The van der Waals surface area contributed by atoms with Gasteiger partial charge in [0, 0.05) is 25.6 Å². The maximum atomic E-state index is 14.1. The molecule has 1 aromatic rings. The van der Waals surface area contributed by atoms with Crippen LogP contribution in [0.5, 0.6) is 0 Å². The molecule has 1 saturated heterocycles. The fourth-order valence-electron chi connectivity index (χ4n) is 3.80. The molecule has 0 unspecified atom stereocenters. The fraction of sp³-hybridized carbons (Fsp3) is 0.650. The Bertz CT molecular complexity index is 595. The van der Waals surface area contributed by atoms with Crippen molar-refractivity contribution in [2.75, 3.05) is 40.3 Å². The van der Waals surface area contributed by atoms with Crippen molar-refractivity contribution >= 4 is 29.9 Å². The number of nitrogens with zero attached hydrogens (tertiary/aromatic N) is 2. The van der Waals surface area contributed by atoms with Gasteiger partial charge in [0.25, 0.3) is 0 Å². The average Bonchev–Trinajstić information content (AvgIpc) is 3.41. The van der Waals surface area contributed by atoms with Crippen molar-refractivity contribution in [2.24, 2.45) is 10.9 Å². The number of rotatable bonds is 6. The number of hydrogen-bond donors (Lipinski definition) is 2. The van der Waals surface area contributed by atoms with Gasteiger partial charge in [-0.05, 0) is 69.8 Å². The number of guanidine groups is 1. The third kappa shape index (κ3) is 5.55. The Morgan fingerprint density at radius 3 is 2.54 bits per heavy atom. The van der Waals surface area contributed by atoms with Crippen molar-refractivity contribution in [1.29, 1.82) is 0 Å². The molecule has 2 fully saturated rings. The van der Waals surface area contributed by atoms with Crippen molar-refractivity contribution in [2.45, 2.75) is 37.5 Å². The zero-order chi connectivity index (χ0) is 17.7. The molecule has 2 aliphatic rings. The van der Waals surface area contributed by atoms with Crippen LogP contribution in [0.2, 0.25) is 0 Å². The molecule has 1 aromatic carbocycles. The predicted molar refractivity (Wildman–Crippen MR) is 117 cm³/mol. The minimum Gasteiger partial charge on any atom is -0.356 e. The van der Waals surface area contributed by atoms with E-state index in [4.69, 9.17) is 0 Å². The van der Waals surface area contributed by atoms with E-state index < -0.39 is 0 Å². The van der Waals surface area contributed by atoms with E-state index >= 15 is 0 Å². The summed E-state index contributed by atoms with van der Waals surface area (Å²) >= 11 is 0. The minimum absolute atomic E-state index is 0. The Hall–Kier alpha value is -0.890.